The van der Waals surface area contributed by atoms with Crippen molar-refractivity contribution in [2.24, 2.45) is 11.8 Å². The fraction of sp³-hybridized carbons (Fsp3) is 0.412. The maximum Gasteiger partial charge on any atom is 0.394 e. The van der Waals surface area contributed by atoms with E-state index in [4.69, 9.17) is 5.11 Å². The van der Waals surface area contributed by atoms with Gasteiger partial charge in [-0.25, -0.2) is 14.8 Å². The number of aryl methyl sites for hydroxylation is 1. The molecule has 1 aliphatic heterocycles. The molecule has 28 heavy (non-hydrogen) atoms. The second kappa shape index (κ2) is 7.49. The number of imidazole rings is 1. The van der Waals surface area contributed by atoms with E-state index in [1.54, 1.807) is 29.1 Å². The van der Waals surface area contributed by atoms with E-state index < -0.39 is 43.1 Å². The summed E-state index contributed by atoms with van der Waals surface area (Å²) in [6, 6.07) is 2.71. The zero-order valence-electron chi connectivity index (χ0n) is 14.8. The molecule has 0 bridgehead atoms. The van der Waals surface area contributed by atoms with Crippen LogP contribution in [-0.4, -0.2) is 55.8 Å². The number of hydrogen-bond acceptors (Lipinski definition) is 4. The smallest absolute Gasteiger partial charge is 0.394 e. The van der Waals surface area contributed by atoms with E-state index in [2.05, 4.69) is 15.3 Å². The van der Waals surface area contributed by atoms with Crippen molar-refractivity contribution < 1.29 is 27.9 Å². The summed E-state index contributed by atoms with van der Waals surface area (Å²) in [6.07, 6.45) is 0.253. The first-order chi connectivity index (χ1) is 13.2. The van der Waals surface area contributed by atoms with Gasteiger partial charge in [0.2, 0.25) is 0 Å². The quantitative estimate of drug-likeness (QED) is 0.822. The molecule has 1 fully saturated rings. The number of amides is 2. The van der Waals surface area contributed by atoms with Gasteiger partial charge in [0.1, 0.15) is 11.6 Å². The van der Waals surface area contributed by atoms with Gasteiger partial charge in [-0.15, -0.1) is 0 Å². The highest BCUT2D eigenvalue weighted by molar-refractivity contribution is 5.77. The zero-order valence-corrected chi connectivity index (χ0v) is 14.8. The molecule has 0 radical (unpaired) electrons. The molecular formula is C17H18F3N5O3. The molecule has 150 valence electrons. The first-order valence-corrected chi connectivity index (χ1v) is 8.44. The van der Waals surface area contributed by atoms with Crippen molar-refractivity contribution in [3.05, 3.63) is 42.1 Å². The summed E-state index contributed by atoms with van der Waals surface area (Å²) >= 11 is 0. The minimum Gasteiger partial charge on any atom is -0.481 e. The Hall–Kier alpha value is -3.11. The van der Waals surface area contributed by atoms with Gasteiger partial charge in [0.15, 0.2) is 0 Å². The molecule has 11 heteroatoms. The van der Waals surface area contributed by atoms with Gasteiger partial charge in [0.25, 0.3) is 0 Å². The molecule has 2 aromatic heterocycles. The van der Waals surface area contributed by atoms with E-state index in [-0.39, 0.29) is 6.54 Å². The molecular weight excluding hydrogens is 379 g/mol. The number of pyridine rings is 1. The molecule has 3 heterocycles. The summed E-state index contributed by atoms with van der Waals surface area (Å²) < 4.78 is 40.8. The van der Waals surface area contributed by atoms with Crippen molar-refractivity contribution in [2.45, 2.75) is 19.6 Å². The highest BCUT2D eigenvalue weighted by atomic mass is 19.4. The van der Waals surface area contributed by atoms with Gasteiger partial charge in [0.05, 0.1) is 11.8 Å². The van der Waals surface area contributed by atoms with Crippen LogP contribution in [0.2, 0.25) is 0 Å². The predicted octanol–water partition coefficient (Wildman–Crippen LogP) is 1.98. The summed E-state index contributed by atoms with van der Waals surface area (Å²) in [7, 11) is 0. The van der Waals surface area contributed by atoms with Crippen molar-refractivity contribution >= 4 is 12.0 Å². The number of halogens is 3. The van der Waals surface area contributed by atoms with E-state index >= 15 is 0 Å². The molecule has 0 aromatic carbocycles. The number of carbonyl (C=O) groups is 2. The third kappa shape index (κ3) is 4.07. The molecule has 2 atom stereocenters. The van der Waals surface area contributed by atoms with Gasteiger partial charge in [-0.05, 0) is 18.6 Å². The zero-order chi connectivity index (χ0) is 20.5. The second-order valence-electron chi connectivity index (χ2n) is 6.53. The monoisotopic (exact) mass is 397 g/mol. The maximum atomic E-state index is 13.0. The van der Waals surface area contributed by atoms with Gasteiger partial charge in [-0.2, -0.15) is 13.2 Å². The van der Waals surface area contributed by atoms with Gasteiger partial charge < -0.3 is 15.3 Å². The Morgan fingerprint density at radius 2 is 2.04 bits per heavy atom. The largest absolute Gasteiger partial charge is 0.481 e. The van der Waals surface area contributed by atoms with E-state index in [0.717, 1.165) is 10.7 Å². The minimum atomic E-state index is -4.68. The third-order valence-electron chi connectivity index (χ3n) is 4.67. The number of carboxylic acids is 1. The van der Waals surface area contributed by atoms with E-state index in [0.29, 0.717) is 11.4 Å². The molecule has 2 amide bonds. The molecule has 0 unspecified atom stereocenters. The summed E-state index contributed by atoms with van der Waals surface area (Å²) in [5.41, 5.74) is 0.649. The van der Waals surface area contributed by atoms with Crippen molar-refractivity contribution in [2.75, 3.05) is 13.1 Å². The van der Waals surface area contributed by atoms with Crippen LogP contribution in [0.4, 0.5) is 18.0 Å². The minimum absolute atomic E-state index is 0.0555. The van der Waals surface area contributed by atoms with Crippen LogP contribution < -0.4 is 5.32 Å². The van der Waals surface area contributed by atoms with Crippen LogP contribution in [0.1, 0.15) is 11.4 Å². The van der Waals surface area contributed by atoms with Crippen LogP contribution in [0.15, 0.2) is 30.7 Å². The standard InChI is InChI=1S/C17H18F3N5O3/c1-10-21-4-5-25(10)14-3-2-11(6-22-14)7-23-16(28)24-8-12(15(26)27)13(9-24)17(18,19)20/h2-6,12-13H,7-9H2,1H3,(H,23,28)(H,26,27)/t12-,13-/m1/s1. The number of alkyl halides is 3. The van der Waals surface area contributed by atoms with Gasteiger partial charge in [0, 0.05) is 38.2 Å². The lowest BCUT2D eigenvalue weighted by molar-refractivity contribution is -0.187. The molecule has 8 nitrogen and oxygen atoms in total. The number of nitrogens with zero attached hydrogens (tertiary/aromatic N) is 4. The van der Waals surface area contributed by atoms with Gasteiger partial charge in [-0.3, -0.25) is 9.36 Å². The van der Waals surface area contributed by atoms with Crippen molar-refractivity contribution in [3.8, 4) is 5.82 Å². The van der Waals surface area contributed by atoms with Crippen LogP contribution in [-0.2, 0) is 11.3 Å². The first kappa shape index (κ1) is 19.6. The fourth-order valence-electron chi connectivity index (χ4n) is 3.12. The van der Waals surface area contributed by atoms with E-state index in [9.17, 15) is 22.8 Å². The Labute approximate surface area is 158 Å². The average Bonchev–Trinajstić information content (AvgIpc) is 3.26. The second-order valence-corrected chi connectivity index (χ2v) is 6.53. The molecule has 0 saturated carbocycles. The van der Waals surface area contributed by atoms with Crippen LogP contribution >= 0.6 is 0 Å². The van der Waals surface area contributed by atoms with Crippen LogP contribution in [0.5, 0.6) is 0 Å². The molecule has 0 spiro atoms. The lowest BCUT2D eigenvalue weighted by Crippen LogP contribution is -2.39. The number of rotatable bonds is 4. The molecule has 1 aliphatic rings. The van der Waals surface area contributed by atoms with Gasteiger partial charge in [-0.1, -0.05) is 6.07 Å². The number of nitrogens with one attached hydrogen (secondary N) is 1. The molecule has 3 rings (SSSR count). The summed E-state index contributed by atoms with van der Waals surface area (Å²) in [5, 5.41) is 11.5. The highest BCUT2D eigenvalue weighted by Crippen LogP contribution is 2.37. The normalized spacial score (nSPS) is 19.6. The molecule has 2 aromatic rings. The van der Waals surface area contributed by atoms with E-state index in [1.165, 1.54) is 6.20 Å². The Balaban J connectivity index is 1.60. The van der Waals surface area contributed by atoms with Crippen molar-refractivity contribution in [3.63, 3.8) is 0 Å². The molecule has 0 aliphatic carbocycles. The lowest BCUT2D eigenvalue weighted by Gasteiger charge is -2.18. The molecule has 2 N–H and O–H groups in total. The lowest BCUT2D eigenvalue weighted by atomic mass is 9.96. The average molecular weight is 397 g/mol. The number of urea groups is 1. The van der Waals surface area contributed by atoms with Crippen LogP contribution in [0, 0.1) is 18.8 Å². The third-order valence-corrected chi connectivity index (χ3v) is 4.67. The van der Waals surface area contributed by atoms with Crippen LogP contribution in [0.3, 0.4) is 0 Å². The number of carboxylic acid groups (broad SMARTS) is 1. The van der Waals surface area contributed by atoms with Crippen molar-refractivity contribution in [1.29, 1.82) is 0 Å². The summed E-state index contributed by atoms with van der Waals surface area (Å²) in [5.74, 6) is -3.90. The maximum absolute atomic E-state index is 13.0. The number of aromatic nitrogens is 3. The number of carbonyl (C=O) groups excluding carboxylic acids is 1. The van der Waals surface area contributed by atoms with Crippen molar-refractivity contribution in [1.82, 2.24) is 24.8 Å². The topological polar surface area (TPSA) is 100 Å². The van der Waals surface area contributed by atoms with E-state index in [1.807, 2.05) is 6.92 Å². The highest BCUT2D eigenvalue weighted by Gasteiger charge is 2.53. The van der Waals surface area contributed by atoms with Crippen LogP contribution in [0.25, 0.3) is 5.82 Å². The Morgan fingerprint density at radius 3 is 2.54 bits per heavy atom. The summed E-state index contributed by atoms with van der Waals surface area (Å²) in [4.78, 5) is 32.5. The first-order valence-electron chi connectivity index (χ1n) is 8.44. The Kier molecular flexibility index (Phi) is 5.25. The number of likely N-dealkylation sites (tertiary alicyclic amines) is 1. The SMILES string of the molecule is Cc1nccn1-c1ccc(CNC(=O)N2C[C@@H](C(F)(F)F)[C@H](C(=O)O)C2)cn1. The fourth-order valence-corrected chi connectivity index (χ4v) is 3.12. The summed E-state index contributed by atoms with van der Waals surface area (Å²) in [6.45, 7) is 0.718. The molecule has 1 saturated heterocycles. The Morgan fingerprint density at radius 1 is 1.29 bits per heavy atom. The number of aliphatic carboxylic acids is 1. The number of hydrogen-bond donors (Lipinski definition) is 2. The Bertz CT molecular complexity index is 866. The predicted molar refractivity (Wildman–Crippen MR) is 90.6 cm³/mol. The van der Waals surface area contributed by atoms with Gasteiger partial charge >= 0.3 is 18.2 Å².